The summed E-state index contributed by atoms with van der Waals surface area (Å²) in [7, 11) is 0. The average molecular weight is 259 g/mol. The monoisotopic (exact) mass is 258 g/mol. The number of aliphatic hydroxyl groups is 1. The van der Waals surface area contributed by atoms with Crippen LogP contribution in [0.5, 0.6) is 5.75 Å². The van der Waals surface area contributed by atoms with Crippen molar-refractivity contribution in [3.8, 4) is 5.75 Å². The summed E-state index contributed by atoms with van der Waals surface area (Å²) in [6.45, 7) is 2.24. The van der Waals surface area contributed by atoms with Crippen molar-refractivity contribution >= 4 is 11.6 Å². The third kappa shape index (κ3) is 6.48. The van der Waals surface area contributed by atoms with E-state index in [1.54, 1.807) is 24.3 Å². The van der Waals surface area contributed by atoms with Crippen molar-refractivity contribution in [1.29, 1.82) is 0 Å². The Morgan fingerprint density at radius 1 is 1.35 bits per heavy atom. The van der Waals surface area contributed by atoms with Gasteiger partial charge in [0.1, 0.15) is 18.5 Å². The molecule has 1 aromatic rings. The highest BCUT2D eigenvalue weighted by Crippen LogP contribution is 2.15. The molecule has 0 radical (unpaired) electrons. The fourth-order valence-electron chi connectivity index (χ4n) is 1.28. The average Bonchev–Trinajstić information content (AvgIpc) is 2.34. The minimum absolute atomic E-state index is 0.261. The number of halogens is 1. The number of nitrogens with one attached hydrogen (secondary N) is 1. The molecular formula is C12H19ClN2O2. The molecule has 4 N–H and O–H groups in total. The van der Waals surface area contributed by atoms with Gasteiger partial charge < -0.3 is 20.9 Å². The van der Waals surface area contributed by atoms with Crippen molar-refractivity contribution in [3.05, 3.63) is 29.3 Å². The number of nitrogens with two attached hydrogens (primary N) is 1. The lowest BCUT2D eigenvalue weighted by molar-refractivity contribution is 0.106. The normalized spacial score (nSPS) is 12.4. The fourth-order valence-corrected chi connectivity index (χ4v) is 1.40. The van der Waals surface area contributed by atoms with E-state index >= 15 is 0 Å². The molecule has 5 heteroatoms. The lowest BCUT2D eigenvalue weighted by atomic mass is 10.3. The second-order valence-corrected chi connectivity index (χ2v) is 4.20. The molecule has 4 nitrogen and oxygen atoms in total. The SMILES string of the molecule is NCCCNCC(O)COc1ccc(Cl)cc1. The summed E-state index contributed by atoms with van der Waals surface area (Å²) in [5.41, 5.74) is 5.35. The van der Waals surface area contributed by atoms with E-state index in [1.165, 1.54) is 0 Å². The Bertz CT molecular complexity index is 306. The summed E-state index contributed by atoms with van der Waals surface area (Å²) in [4.78, 5) is 0. The predicted octanol–water partition coefficient (Wildman–Crippen LogP) is 1.02. The summed E-state index contributed by atoms with van der Waals surface area (Å²) >= 11 is 5.75. The van der Waals surface area contributed by atoms with Crippen molar-refractivity contribution in [2.45, 2.75) is 12.5 Å². The Morgan fingerprint density at radius 3 is 2.71 bits per heavy atom. The van der Waals surface area contributed by atoms with Crippen LogP contribution in [0.2, 0.25) is 5.02 Å². The highest BCUT2D eigenvalue weighted by atomic mass is 35.5. The van der Waals surface area contributed by atoms with E-state index in [-0.39, 0.29) is 6.61 Å². The zero-order valence-electron chi connectivity index (χ0n) is 9.73. The molecular weight excluding hydrogens is 240 g/mol. The molecule has 0 amide bonds. The van der Waals surface area contributed by atoms with E-state index in [4.69, 9.17) is 22.1 Å². The quantitative estimate of drug-likeness (QED) is 0.609. The van der Waals surface area contributed by atoms with Crippen LogP contribution < -0.4 is 15.8 Å². The molecule has 0 spiro atoms. The Hall–Kier alpha value is -0.810. The number of aliphatic hydroxyl groups excluding tert-OH is 1. The van der Waals surface area contributed by atoms with E-state index in [2.05, 4.69) is 5.32 Å². The molecule has 17 heavy (non-hydrogen) atoms. The Kier molecular flexibility index (Phi) is 6.96. The minimum Gasteiger partial charge on any atom is -0.491 e. The molecule has 96 valence electrons. The number of rotatable bonds is 8. The van der Waals surface area contributed by atoms with E-state index in [0.717, 1.165) is 13.0 Å². The molecule has 0 saturated heterocycles. The summed E-state index contributed by atoms with van der Waals surface area (Å²) < 4.78 is 5.41. The first-order valence-corrected chi connectivity index (χ1v) is 6.07. The predicted molar refractivity (Wildman–Crippen MR) is 69.5 cm³/mol. The molecule has 0 heterocycles. The molecule has 0 aliphatic heterocycles. The molecule has 0 saturated carbocycles. The topological polar surface area (TPSA) is 67.5 Å². The van der Waals surface area contributed by atoms with Gasteiger partial charge in [-0.2, -0.15) is 0 Å². The van der Waals surface area contributed by atoms with E-state index in [1.807, 2.05) is 0 Å². The molecule has 1 aromatic carbocycles. The van der Waals surface area contributed by atoms with Gasteiger partial charge in [-0.05, 0) is 43.8 Å². The lowest BCUT2D eigenvalue weighted by Crippen LogP contribution is -2.32. The van der Waals surface area contributed by atoms with Gasteiger partial charge in [-0.1, -0.05) is 11.6 Å². The Morgan fingerprint density at radius 2 is 2.06 bits per heavy atom. The van der Waals surface area contributed by atoms with Crippen LogP contribution in [0.3, 0.4) is 0 Å². The molecule has 1 rings (SSSR count). The fraction of sp³-hybridized carbons (Fsp3) is 0.500. The number of hydrogen-bond acceptors (Lipinski definition) is 4. The third-order valence-corrected chi connectivity index (χ3v) is 2.45. The van der Waals surface area contributed by atoms with E-state index < -0.39 is 6.10 Å². The first kappa shape index (κ1) is 14.3. The number of ether oxygens (including phenoxy) is 1. The standard InChI is InChI=1S/C12H19ClN2O2/c13-10-2-4-12(5-3-10)17-9-11(16)8-15-7-1-6-14/h2-5,11,15-16H,1,6-9,14H2. The maximum atomic E-state index is 9.62. The van der Waals surface area contributed by atoms with Crippen molar-refractivity contribution in [2.24, 2.45) is 5.73 Å². The molecule has 1 unspecified atom stereocenters. The van der Waals surface area contributed by atoms with Gasteiger partial charge >= 0.3 is 0 Å². The second kappa shape index (κ2) is 8.31. The molecule has 0 bridgehead atoms. The van der Waals surface area contributed by atoms with Gasteiger partial charge in [0.25, 0.3) is 0 Å². The number of benzene rings is 1. The highest BCUT2D eigenvalue weighted by molar-refractivity contribution is 6.30. The van der Waals surface area contributed by atoms with E-state index in [9.17, 15) is 5.11 Å². The van der Waals surface area contributed by atoms with Crippen LogP contribution in [0.25, 0.3) is 0 Å². The maximum Gasteiger partial charge on any atom is 0.119 e. The van der Waals surface area contributed by atoms with Crippen molar-refractivity contribution in [1.82, 2.24) is 5.32 Å². The number of hydrogen-bond donors (Lipinski definition) is 3. The zero-order valence-corrected chi connectivity index (χ0v) is 10.5. The van der Waals surface area contributed by atoms with Gasteiger partial charge in [0.15, 0.2) is 0 Å². The summed E-state index contributed by atoms with van der Waals surface area (Å²) in [6, 6.07) is 7.05. The first-order chi connectivity index (χ1) is 8.22. The van der Waals surface area contributed by atoms with E-state index in [0.29, 0.717) is 23.9 Å². The molecule has 0 aromatic heterocycles. The minimum atomic E-state index is -0.525. The van der Waals surface area contributed by atoms with Crippen molar-refractivity contribution in [3.63, 3.8) is 0 Å². The molecule has 0 fully saturated rings. The van der Waals surface area contributed by atoms with Gasteiger partial charge in [-0.15, -0.1) is 0 Å². The summed E-state index contributed by atoms with van der Waals surface area (Å²) in [5.74, 6) is 0.704. The zero-order chi connectivity index (χ0) is 12.5. The largest absolute Gasteiger partial charge is 0.491 e. The third-order valence-electron chi connectivity index (χ3n) is 2.19. The molecule has 0 aliphatic rings. The van der Waals surface area contributed by atoms with Crippen LogP contribution in [0.4, 0.5) is 0 Å². The lowest BCUT2D eigenvalue weighted by Gasteiger charge is -2.13. The van der Waals surface area contributed by atoms with Gasteiger partial charge in [0, 0.05) is 11.6 Å². The van der Waals surface area contributed by atoms with Gasteiger partial charge in [0.05, 0.1) is 0 Å². The van der Waals surface area contributed by atoms with Crippen LogP contribution in [0.1, 0.15) is 6.42 Å². The highest BCUT2D eigenvalue weighted by Gasteiger charge is 2.04. The van der Waals surface area contributed by atoms with Gasteiger partial charge in [0.2, 0.25) is 0 Å². The van der Waals surface area contributed by atoms with Gasteiger partial charge in [-0.25, -0.2) is 0 Å². The first-order valence-electron chi connectivity index (χ1n) is 5.69. The van der Waals surface area contributed by atoms with Crippen molar-refractivity contribution < 1.29 is 9.84 Å². The second-order valence-electron chi connectivity index (χ2n) is 3.77. The maximum absolute atomic E-state index is 9.62. The van der Waals surface area contributed by atoms with Crippen LogP contribution in [-0.2, 0) is 0 Å². The Labute approximate surface area is 107 Å². The molecule has 1 atom stereocenters. The Balaban J connectivity index is 2.14. The van der Waals surface area contributed by atoms with Crippen molar-refractivity contribution in [2.75, 3.05) is 26.2 Å². The smallest absolute Gasteiger partial charge is 0.119 e. The van der Waals surface area contributed by atoms with Crippen LogP contribution >= 0.6 is 11.6 Å². The van der Waals surface area contributed by atoms with Crippen LogP contribution in [0.15, 0.2) is 24.3 Å². The van der Waals surface area contributed by atoms with Crippen LogP contribution in [-0.4, -0.2) is 37.5 Å². The van der Waals surface area contributed by atoms with Gasteiger partial charge in [-0.3, -0.25) is 0 Å². The van der Waals surface area contributed by atoms with Crippen LogP contribution in [0, 0.1) is 0 Å². The summed E-state index contributed by atoms with van der Waals surface area (Å²) in [5, 5.41) is 13.4. The molecule has 0 aliphatic carbocycles. The summed E-state index contributed by atoms with van der Waals surface area (Å²) in [6.07, 6.45) is 0.383.